The van der Waals surface area contributed by atoms with E-state index < -0.39 is 5.60 Å². The van der Waals surface area contributed by atoms with Crippen molar-refractivity contribution < 1.29 is 9.90 Å². The van der Waals surface area contributed by atoms with Crippen molar-refractivity contribution in [3.8, 4) is 0 Å². The lowest BCUT2D eigenvalue weighted by Crippen LogP contribution is -2.41. The Morgan fingerprint density at radius 1 is 1.55 bits per heavy atom. The summed E-state index contributed by atoms with van der Waals surface area (Å²) in [5.41, 5.74) is -0.696. The molecule has 0 atom stereocenters. The molecule has 1 aromatic rings. The highest BCUT2D eigenvalue weighted by Gasteiger charge is 2.31. The van der Waals surface area contributed by atoms with Crippen molar-refractivity contribution in [3.63, 3.8) is 0 Å². The summed E-state index contributed by atoms with van der Waals surface area (Å²) in [6.45, 7) is 4.44. The third-order valence-corrected chi connectivity index (χ3v) is 4.53. The molecule has 0 aliphatic heterocycles. The summed E-state index contributed by atoms with van der Waals surface area (Å²) in [7, 11) is 0. The number of rotatable bonds is 6. The molecule has 1 aromatic heterocycles. The van der Waals surface area contributed by atoms with Crippen LogP contribution in [0.3, 0.4) is 0 Å². The topological polar surface area (TPSA) is 80.0 Å². The van der Waals surface area contributed by atoms with Gasteiger partial charge >= 0.3 is 0 Å². The van der Waals surface area contributed by atoms with Gasteiger partial charge < -0.3 is 15.0 Å². The van der Waals surface area contributed by atoms with E-state index in [0.29, 0.717) is 12.3 Å². The lowest BCUT2D eigenvalue weighted by molar-refractivity contribution is -0.119. The minimum absolute atomic E-state index is 0.0753. The predicted octanol–water partition coefficient (Wildman–Crippen LogP) is 1.37. The van der Waals surface area contributed by atoms with Crippen molar-refractivity contribution in [2.45, 2.75) is 56.3 Å². The first-order valence-electron chi connectivity index (χ1n) is 7.01. The molecule has 0 bridgehead atoms. The fourth-order valence-electron chi connectivity index (χ4n) is 2.34. The first-order valence-corrected chi connectivity index (χ1v) is 8.00. The van der Waals surface area contributed by atoms with Crippen LogP contribution in [0.25, 0.3) is 0 Å². The molecule has 1 aliphatic rings. The summed E-state index contributed by atoms with van der Waals surface area (Å²) < 4.78 is 1.93. The average molecular weight is 298 g/mol. The molecule has 1 aliphatic carbocycles. The molecule has 1 fully saturated rings. The molecule has 112 valence electrons. The smallest absolute Gasteiger partial charge is 0.230 e. The molecule has 1 heterocycles. The maximum absolute atomic E-state index is 11.8. The number of thioether (sulfide) groups is 1. The molecule has 0 aromatic carbocycles. The summed E-state index contributed by atoms with van der Waals surface area (Å²) in [6.07, 6.45) is 5.31. The molecule has 7 heteroatoms. The minimum Gasteiger partial charge on any atom is -0.388 e. The van der Waals surface area contributed by atoms with Crippen LogP contribution >= 0.6 is 11.8 Å². The predicted molar refractivity (Wildman–Crippen MR) is 77.6 cm³/mol. The van der Waals surface area contributed by atoms with E-state index in [1.54, 1.807) is 6.33 Å². The number of hydrogen-bond acceptors (Lipinski definition) is 5. The quantitative estimate of drug-likeness (QED) is 0.775. The molecular formula is C13H22N4O2S. The summed E-state index contributed by atoms with van der Waals surface area (Å²) >= 11 is 1.37. The van der Waals surface area contributed by atoms with Gasteiger partial charge in [0.1, 0.15) is 6.33 Å². The Kier molecular flexibility index (Phi) is 5.04. The highest BCUT2D eigenvalue weighted by molar-refractivity contribution is 7.99. The van der Waals surface area contributed by atoms with E-state index >= 15 is 0 Å². The number of nitrogens with zero attached hydrogens (tertiary/aromatic N) is 3. The molecule has 6 nitrogen and oxygen atoms in total. The highest BCUT2D eigenvalue weighted by Crippen LogP contribution is 2.28. The van der Waals surface area contributed by atoms with Gasteiger partial charge in [-0.1, -0.05) is 24.6 Å². The molecule has 2 rings (SSSR count). The first kappa shape index (κ1) is 15.3. The van der Waals surface area contributed by atoms with E-state index in [1.165, 1.54) is 11.8 Å². The van der Waals surface area contributed by atoms with Crippen LogP contribution in [0, 0.1) is 0 Å². The number of carbonyl (C=O) groups excluding carboxylic acids is 1. The second-order valence-electron chi connectivity index (χ2n) is 5.61. The van der Waals surface area contributed by atoms with E-state index in [0.717, 1.165) is 30.8 Å². The SMILES string of the molecule is CC(C)n1cnnc1SCC(=O)NCC1(O)CCCC1. The molecule has 0 saturated heterocycles. The lowest BCUT2D eigenvalue weighted by Gasteiger charge is -2.22. The second-order valence-corrected chi connectivity index (χ2v) is 6.55. The fourth-order valence-corrected chi connectivity index (χ4v) is 3.22. The fraction of sp³-hybridized carbons (Fsp3) is 0.769. The Balaban J connectivity index is 1.76. The zero-order chi connectivity index (χ0) is 14.6. The van der Waals surface area contributed by atoms with Crippen LogP contribution in [0.5, 0.6) is 0 Å². The second kappa shape index (κ2) is 6.58. The maximum Gasteiger partial charge on any atom is 0.230 e. The molecule has 0 unspecified atom stereocenters. The van der Waals surface area contributed by atoms with E-state index in [1.807, 2.05) is 18.4 Å². The van der Waals surface area contributed by atoms with Crippen molar-refractivity contribution >= 4 is 17.7 Å². The van der Waals surface area contributed by atoms with E-state index in [4.69, 9.17) is 0 Å². The van der Waals surface area contributed by atoms with Gasteiger partial charge in [-0.05, 0) is 26.7 Å². The molecule has 1 saturated carbocycles. The van der Waals surface area contributed by atoms with Crippen LogP contribution in [0.4, 0.5) is 0 Å². The zero-order valence-electron chi connectivity index (χ0n) is 12.0. The monoisotopic (exact) mass is 298 g/mol. The van der Waals surface area contributed by atoms with Crippen molar-refractivity contribution in [3.05, 3.63) is 6.33 Å². The van der Waals surface area contributed by atoms with Crippen molar-refractivity contribution in [1.82, 2.24) is 20.1 Å². The molecular weight excluding hydrogens is 276 g/mol. The molecule has 20 heavy (non-hydrogen) atoms. The minimum atomic E-state index is -0.696. The summed E-state index contributed by atoms with van der Waals surface area (Å²) in [5, 5.41) is 21.6. The Bertz CT molecular complexity index is 455. The van der Waals surface area contributed by atoms with Gasteiger partial charge in [-0.3, -0.25) is 4.79 Å². The summed E-state index contributed by atoms with van der Waals surface area (Å²) in [6, 6.07) is 0.273. The largest absolute Gasteiger partial charge is 0.388 e. The van der Waals surface area contributed by atoms with Crippen LogP contribution in [0.2, 0.25) is 0 Å². The van der Waals surface area contributed by atoms with Gasteiger partial charge in [-0.2, -0.15) is 0 Å². The van der Waals surface area contributed by atoms with E-state index in [2.05, 4.69) is 15.5 Å². The zero-order valence-corrected chi connectivity index (χ0v) is 12.8. The average Bonchev–Trinajstić information content (AvgIpc) is 3.03. The Labute approximate surface area is 123 Å². The summed E-state index contributed by atoms with van der Waals surface area (Å²) in [5.74, 6) is 0.218. The van der Waals surface area contributed by atoms with Crippen LogP contribution < -0.4 is 5.32 Å². The summed E-state index contributed by atoms with van der Waals surface area (Å²) in [4.78, 5) is 11.8. The Hall–Kier alpha value is -1.08. The van der Waals surface area contributed by atoms with Crippen LogP contribution in [0.15, 0.2) is 11.5 Å². The van der Waals surface area contributed by atoms with Crippen molar-refractivity contribution in [2.75, 3.05) is 12.3 Å². The van der Waals surface area contributed by atoms with Gasteiger partial charge in [0.2, 0.25) is 5.91 Å². The maximum atomic E-state index is 11.8. The van der Waals surface area contributed by atoms with E-state index in [-0.39, 0.29) is 11.9 Å². The number of amides is 1. The number of aliphatic hydroxyl groups is 1. The Morgan fingerprint density at radius 2 is 2.25 bits per heavy atom. The van der Waals surface area contributed by atoms with Gasteiger partial charge in [0.25, 0.3) is 0 Å². The highest BCUT2D eigenvalue weighted by atomic mass is 32.2. The van der Waals surface area contributed by atoms with Crippen LogP contribution in [-0.4, -0.2) is 43.7 Å². The molecule has 0 radical (unpaired) electrons. The lowest BCUT2D eigenvalue weighted by atomic mass is 10.0. The van der Waals surface area contributed by atoms with Crippen molar-refractivity contribution in [2.24, 2.45) is 0 Å². The van der Waals surface area contributed by atoms with Gasteiger partial charge in [0, 0.05) is 12.6 Å². The number of aromatic nitrogens is 3. The normalized spacial score (nSPS) is 17.6. The van der Waals surface area contributed by atoms with Crippen molar-refractivity contribution in [1.29, 1.82) is 0 Å². The third kappa shape index (κ3) is 3.96. The molecule has 0 spiro atoms. The Morgan fingerprint density at radius 3 is 2.90 bits per heavy atom. The number of hydrogen-bond donors (Lipinski definition) is 2. The third-order valence-electron chi connectivity index (χ3n) is 3.58. The van der Waals surface area contributed by atoms with Crippen LogP contribution in [-0.2, 0) is 4.79 Å². The molecule has 1 amide bonds. The van der Waals surface area contributed by atoms with Gasteiger partial charge in [-0.25, -0.2) is 0 Å². The van der Waals surface area contributed by atoms with Crippen LogP contribution in [0.1, 0.15) is 45.6 Å². The van der Waals surface area contributed by atoms with Gasteiger partial charge in [0.15, 0.2) is 5.16 Å². The standard InChI is InChI=1S/C13H22N4O2S/c1-10(2)17-9-15-16-12(17)20-7-11(18)14-8-13(19)5-3-4-6-13/h9-10,19H,3-8H2,1-2H3,(H,14,18). The van der Waals surface area contributed by atoms with Gasteiger partial charge in [0.05, 0.1) is 11.4 Å². The number of nitrogens with one attached hydrogen (secondary N) is 1. The van der Waals surface area contributed by atoms with E-state index in [9.17, 15) is 9.90 Å². The first-order chi connectivity index (χ1) is 9.50. The number of carbonyl (C=O) groups is 1. The van der Waals surface area contributed by atoms with Gasteiger partial charge in [-0.15, -0.1) is 10.2 Å². The molecule has 2 N–H and O–H groups in total.